The minimum atomic E-state index is -0.515. The molecule has 0 saturated heterocycles. The van der Waals surface area contributed by atoms with Crippen LogP contribution in [0.1, 0.15) is 66.2 Å². The Morgan fingerprint density at radius 2 is 1.00 bits per heavy atom. The first-order valence-electron chi connectivity index (χ1n) is 16.4. The Labute approximate surface area is 272 Å². The normalized spacial score (nSPS) is 12.4. The predicted octanol–water partition coefficient (Wildman–Crippen LogP) is 7.53. The zero-order chi connectivity index (χ0) is 32.7. The highest BCUT2D eigenvalue weighted by molar-refractivity contribution is 5.71. The highest BCUT2D eigenvalue weighted by atomic mass is 16.5. The van der Waals surface area contributed by atoms with Crippen LogP contribution in [0.3, 0.4) is 0 Å². The Kier molecular flexibility index (Phi) is 13.6. The van der Waals surface area contributed by atoms with Gasteiger partial charge in [-0.2, -0.15) is 0 Å². The van der Waals surface area contributed by atoms with Gasteiger partial charge in [0.25, 0.3) is 0 Å². The van der Waals surface area contributed by atoms with Crippen molar-refractivity contribution >= 4 is 0 Å². The summed E-state index contributed by atoms with van der Waals surface area (Å²) >= 11 is 0. The van der Waals surface area contributed by atoms with E-state index in [9.17, 15) is 10.2 Å². The third kappa shape index (κ3) is 10.2. The van der Waals surface area contributed by atoms with Crippen molar-refractivity contribution < 1.29 is 29.2 Å². The number of nitrogens with zero attached hydrogens (tertiary/aromatic N) is 3. The van der Waals surface area contributed by atoms with Crippen molar-refractivity contribution in [1.29, 1.82) is 0 Å². The van der Waals surface area contributed by atoms with Gasteiger partial charge in [0.15, 0.2) is 17.5 Å². The molecule has 9 nitrogen and oxygen atoms in total. The Balaban J connectivity index is 1.73. The van der Waals surface area contributed by atoms with E-state index in [1.807, 2.05) is 80.6 Å². The molecule has 0 aliphatic heterocycles. The molecule has 4 rings (SSSR count). The number of benzene rings is 3. The van der Waals surface area contributed by atoms with E-state index in [0.29, 0.717) is 60.8 Å². The second-order valence-corrected chi connectivity index (χ2v) is 11.2. The average Bonchev–Trinajstić information content (AvgIpc) is 3.10. The summed E-state index contributed by atoms with van der Waals surface area (Å²) in [6.07, 6.45) is 4.17. The topological polar surface area (TPSA) is 116 Å². The summed E-state index contributed by atoms with van der Waals surface area (Å²) in [5, 5.41) is 19.8. The molecule has 0 fully saturated rings. The molecule has 246 valence electrons. The van der Waals surface area contributed by atoms with Crippen LogP contribution >= 0.6 is 0 Å². The molecule has 46 heavy (non-hydrogen) atoms. The first kappa shape index (κ1) is 34.7. The first-order valence-corrected chi connectivity index (χ1v) is 16.4. The van der Waals surface area contributed by atoms with Crippen LogP contribution in [0.15, 0.2) is 66.7 Å². The second kappa shape index (κ2) is 18.1. The van der Waals surface area contributed by atoms with E-state index in [0.717, 1.165) is 48.1 Å². The fourth-order valence-corrected chi connectivity index (χ4v) is 4.33. The van der Waals surface area contributed by atoms with Crippen LogP contribution in [0.5, 0.6) is 23.0 Å². The highest BCUT2D eigenvalue weighted by Crippen LogP contribution is 2.34. The maximum Gasteiger partial charge on any atom is 0.167 e. The number of rotatable bonds is 19. The molecular formula is C37H47N3O6. The van der Waals surface area contributed by atoms with Crippen molar-refractivity contribution in [3.63, 3.8) is 0 Å². The second-order valence-electron chi connectivity index (χ2n) is 11.2. The molecule has 2 N–H and O–H groups in total. The van der Waals surface area contributed by atoms with Gasteiger partial charge in [-0.15, -0.1) is 0 Å². The van der Waals surface area contributed by atoms with Gasteiger partial charge in [0, 0.05) is 17.2 Å². The molecule has 0 amide bonds. The van der Waals surface area contributed by atoms with Crippen LogP contribution in [0.4, 0.5) is 0 Å². The van der Waals surface area contributed by atoms with Gasteiger partial charge in [-0.25, -0.2) is 15.0 Å². The molecule has 0 bridgehead atoms. The van der Waals surface area contributed by atoms with E-state index in [1.54, 1.807) is 0 Å². The summed E-state index contributed by atoms with van der Waals surface area (Å²) in [7, 11) is 0. The molecule has 0 aliphatic rings. The number of hydrogen-bond donors (Lipinski definition) is 2. The van der Waals surface area contributed by atoms with E-state index in [4.69, 9.17) is 33.9 Å². The molecule has 0 spiro atoms. The molecule has 9 heteroatoms. The largest absolute Gasteiger partial charge is 0.493 e. The Morgan fingerprint density at radius 3 is 1.48 bits per heavy atom. The fourth-order valence-electron chi connectivity index (χ4n) is 4.33. The summed E-state index contributed by atoms with van der Waals surface area (Å²) in [4.78, 5) is 14.7. The molecule has 4 aromatic rings. The molecule has 0 saturated carbocycles. The van der Waals surface area contributed by atoms with Crippen LogP contribution in [0.2, 0.25) is 0 Å². The van der Waals surface area contributed by atoms with Gasteiger partial charge in [0.05, 0.1) is 31.0 Å². The van der Waals surface area contributed by atoms with Crippen LogP contribution in [-0.2, 0) is 0 Å². The van der Waals surface area contributed by atoms with Crippen LogP contribution in [0.25, 0.3) is 34.2 Å². The monoisotopic (exact) mass is 629 g/mol. The number of ether oxygens (including phenoxy) is 4. The third-order valence-electron chi connectivity index (χ3n) is 7.40. The lowest BCUT2D eigenvalue weighted by atomic mass is 10.1. The van der Waals surface area contributed by atoms with Gasteiger partial charge >= 0.3 is 0 Å². The lowest BCUT2D eigenvalue weighted by Gasteiger charge is -2.15. The maximum absolute atomic E-state index is 9.88. The summed E-state index contributed by atoms with van der Waals surface area (Å²) in [6, 6.07) is 20.8. The minimum absolute atomic E-state index is 0.228. The van der Waals surface area contributed by atoms with Crippen molar-refractivity contribution in [2.24, 2.45) is 0 Å². The van der Waals surface area contributed by atoms with E-state index >= 15 is 0 Å². The molecule has 1 aromatic heterocycles. The van der Waals surface area contributed by atoms with E-state index < -0.39 is 12.2 Å². The van der Waals surface area contributed by atoms with Gasteiger partial charge in [0.2, 0.25) is 0 Å². The van der Waals surface area contributed by atoms with Crippen molar-refractivity contribution in [2.75, 3.05) is 26.4 Å². The summed E-state index contributed by atoms with van der Waals surface area (Å²) < 4.78 is 23.7. The van der Waals surface area contributed by atoms with Crippen molar-refractivity contribution in [2.45, 2.75) is 78.4 Å². The van der Waals surface area contributed by atoms with Gasteiger partial charge < -0.3 is 29.2 Å². The minimum Gasteiger partial charge on any atom is -0.493 e. The summed E-state index contributed by atoms with van der Waals surface area (Å²) in [5.74, 6) is 4.17. The lowest BCUT2D eigenvalue weighted by Crippen LogP contribution is -2.15. The van der Waals surface area contributed by atoms with Gasteiger partial charge in [-0.05, 0) is 86.3 Å². The number of aliphatic hydroxyl groups excluding tert-OH is 2. The molecular weight excluding hydrogens is 582 g/mol. The van der Waals surface area contributed by atoms with E-state index in [1.165, 1.54) is 0 Å². The number of hydrogen-bond acceptors (Lipinski definition) is 9. The SMILES string of the molecule is CCCCOc1ccc(-c2nc(-c3ccc(OCC(O)CC)cc3)nc(-c3ccc(OCC(O)CC)cc3)n2)c(OCCCC)c1. The maximum atomic E-state index is 9.88. The number of aliphatic hydroxyl groups is 2. The molecule has 2 atom stereocenters. The van der Waals surface area contributed by atoms with Crippen LogP contribution in [-0.4, -0.2) is 63.8 Å². The fraction of sp³-hybridized carbons (Fsp3) is 0.432. The average molecular weight is 630 g/mol. The zero-order valence-corrected chi connectivity index (χ0v) is 27.4. The van der Waals surface area contributed by atoms with Gasteiger partial charge in [-0.1, -0.05) is 40.5 Å². The molecule has 0 aliphatic carbocycles. The zero-order valence-electron chi connectivity index (χ0n) is 27.4. The van der Waals surface area contributed by atoms with Crippen LogP contribution < -0.4 is 18.9 Å². The van der Waals surface area contributed by atoms with E-state index in [2.05, 4.69) is 13.8 Å². The van der Waals surface area contributed by atoms with E-state index in [-0.39, 0.29) is 13.2 Å². The van der Waals surface area contributed by atoms with Gasteiger partial charge in [0.1, 0.15) is 36.2 Å². The number of aromatic nitrogens is 3. The van der Waals surface area contributed by atoms with Crippen LogP contribution in [0, 0.1) is 0 Å². The smallest absolute Gasteiger partial charge is 0.167 e. The Bertz CT molecular complexity index is 1400. The van der Waals surface area contributed by atoms with Gasteiger partial charge in [-0.3, -0.25) is 0 Å². The third-order valence-corrected chi connectivity index (χ3v) is 7.40. The molecule has 1 heterocycles. The van der Waals surface area contributed by atoms with Crippen molar-refractivity contribution in [3.8, 4) is 57.2 Å². The quantitative estimate of drug-likeness (QED) is 0.102. The Hall–Kier alpha value is -4.21. The highest BCUT2D eigenvalue weighted by Gasteiger charge is 2.17. The summed E-state index contributed by atoms with van der Waals surface area (Å²) in [5.41, 5.74) is 2.32. The van der Waals surface area contributed by atoms with Crippen molar-refractivity contribution in [1.82, 2.24) is 15.0 Å². The number of unbranched alkanes of at least 4 members (excludes halogenated alkanes) is 2. The van der Waals surface area contributed by atoms with Crippen molar-refractivity contribution in [3.05, 3.63) is 66.7 Å². The first-order chi connectivity index (χ1) is 22.4. The Morgan fingerprint density at radius 1 is 0.543 bits per heavy atom. The molecule has 0 radical (unpaired) electrons. The predicted molar refractivity (Wildman–Crippen MR) is 181 cm³/mol. The molecule has 3 aromatic carbocycles. The summed E-state index contributed by atoms with van der Waals surface area (Å²) in [6.45, 7) is 9.75. The lowest BCUT2D eigenvalue weighted by molar-refractivity contribution is 0.104. The standard InChI is InChI=1S/C37H47N3O6/c1-5-9-21-43-32-19-20-33(34(23-32)44-22-10-6-2)37-39-35(26-11-15-30(16-12-26)45-24-28(41)7-3)38-36(40-37)27-13-17-31(18-14-27)46-25-29(42)8-4/h11-20,23,28-29,41-42H,5-10,21-22,24-25H2,1-4H3. The molecule has 2 unspecified atom stereocenters.